The molecule has 0 aliphatic carbocycles. The predicted octanol–water partition coefficient (Wildman–Crippen LogP) is 5.38. The molecule has 2 aliphatic heterocycles. The highest BCUT2D eigenvalue weighted by atomic mass is 32.2. The van der Waals surface area contributed by atoms with E-state index in [1.807, 2.05) is 62.4 Å². The van der Waals surface area contributed by atoms with Crippen LogP contribution in [0.25, 0.3) is 0 Å². The third kappa shape index (κ3) is 7.40. The van der Waals surface area contributed by atoms with Crippen molar-refractivity contribution in [3.63, 3.8) is 0 Å². The lowest BCUT2D eigenvalue weighted by molar-refractivity contribution is -0.372. The molecule has 46 heavy (non-hydrogen) atoms. The summed E-state index contributed by atoms with van der Waals surface area (Å²) in [5, 5.41) is 0. The van der Waals surface area contributed by atoms with E-state index in [9.17, 15) is 16.8 Å². The average molecular weight is 667 g/mol. The molecule has 10 nitrogen and oxygen atoms in total. The molecular weight excluding hydrogens is 632 g/mol. The summed E-state index contributed by atoms with van der Waals surface area (Å²) in [5.41, 5.74) is 3.10. The van der Waals surface area contributed by atoms with Gasteiger partial charge in [-0.25, -0.2) is 0 Å². The number of ether oxygens (including phenoxy) is 4. The Balaban J connectivity index is 1.37. The monoisotopic (exact) mass is 666 g/mol. The summed E-state index contributed by atoms with van der Waals surface area (Å²) in [6.45, 7) is 3.05. The van der Waals surface area contributed by atoms with Gasteiger partial charge in [0.1, 0.15) is 24.4 Å². The van der Waals surface area contributed by atoms with Gasteiger partial charge in [0.2, 0.25) is 0 Å². The molecule has 242 valence electrons. The van der Waals surface area contributed by atoms with Gasteiger partial charge < -0.3 is 18.9 Å². The van der Waals surface area contributed by atoms with Crippen molar-refractivity contribution in [3.05, 3.63) is 131 Å². The highest BCUT2D eigenvalue weighted by Crippen LogP contribution is 2.40. The fraction of sp³-hybridized carbons (Fsp3) is 0.294. The van der Waals surface area contributed by atoms with E-state index < -0.39 is 63.8 Å². The second kappa shape index (κ2) is 13.7. The van der Waals surface area contributed by atoms with Crippen LogP contribution in [0.1, 0.15) is 34.8 Å². The van der Waals surface area contributed by atoms with Crippen LogP contribution in [-0.4, -0.2) is 54.5 Å². The lowest BCUT2D eigenvalue weighted by Crippen LogP contribution is -2.59. The molecule has 2 aliphatic rings. The van der Waals surface area contributed by atoms with Gasteiger partial charge in [0.05, 0.1) is 23.0 Å². The number of hydrogen-bond donors (Lipinski definition) is 0. The van der Waals surface area contributed by atoms with E-state index in [0.717, 1.165) is 16.7 Å². The van der Waals surface area contributed by atoms with Crippen molar-refractivity contribution in [1.29, 1.82) is 0 Å². The van der Waals surface area contributed by atoms with E-state index in [2.05, 4.69) is 0 Å². The second-order valence-corrected chi connectivity index (χ2v) is 14.3. The molecule has 2 heterocycles. The van der Waals surface area contributed by atoms with Crippen LogP contribution in [0.5, 0.6) is 0 Å². The van der Waals surface area contributed by atoms with Crippen LogP contribution in [0, 0.1) is 13.8 Å². The highest BCUT2D eigenvalue weighted by molar-refractivity contribution is 7.87. The first kappa shape index (κ1) is 32.5. The number of aryl methyl sites for hydroxylation is 2. The Labute approximate surface area is 269 Å². The molecule has 6 atom stereocenters. The summed E-state index contributed by atoms with van der Waals surface area (Å²) >= 11 is 0. The van der Waals surface area contributed by atoms with Crippen molar-refractivity contribution in [1.82, 2.24) is 0 Å². The maximum Gasteiger partial charge on any atom is 0.297 e. The van der Waals surface area contributed by atoms with E-state index >= 15 is 0 Å². The van der Waals surface area contributed by atoms with Gasteiger partial charge in [0.15, 0.2) is 12.6 Å². The van der Waals surface area contributed by atoms with Gasteiger partial charge in [-0.05, 0) is 38.1 Å². The Morgan fingerprint density at radius 3 is 1.74 bits per heavy atom. The van der Waals surface area contributed by atoms with Crippen LogP contribution in [0.3, 0.4) is 0 Å². The zero-order valence-corrected chi connectivity index (χ0v) is 26.8. The Morgan fingerprint density at radius 2 is 1.17 bits per heavy atom. The van der Waals surface area contributed by atoms with Gasteiger partial charge in [0, 0.05) is 11.1 Å². The van der Waals surface area contributed by atoms with E-state index in [0.29, 0.717) is 5.56 Å². The summed E-state index contributed by atoms with van der Waals surface area (Å²) in [7, 11) is -8.74. The van der Waals surface area contributed by atoms with Crippen LogP contribution in [0.4, 0.5) is 0 Å². The van der Waals surface area contributed by atoms with Gasteiger partial charge in [-0.1, -0.05) is 96.1 Å². The Hall–Kier alpha value is -3.46. The lowest BCUT2D eigenvalue weighted by Gasteiger charge is -2.47. The minimum atomic E-state index is -4.43. The molecule has 0 N–H and O–H groups in total. The molecule has 6 unspecified atom stereocenters. The van der Waals surface area contributed by atoms with E-state index in [4.69, 9.17) is 27.3 Å². The molecule has 0 spiro atoms. The summed E-state index contributed by atoms with van der Waals surface area (Å²) in [4.78, 5) is -0.194. The molecule has 0 amide bonds. The molecule has 4 aromatic rings. The van der Waals surface area contributed by atoms with Crippen molar-refractivity contribution < 1.29 is 44.1 Å². The van der Waals surface area contributed by atoms with Crippen LogP contribution in [-0.2, 0) is 47.5 Å². The third-order valence-corrected chi connectivity index (χ3v) is 10.4. The van der Waals surface area contributed by atoms with Crippen LogP contribution in [0.15, 0.2) is 119 Å². The SMILES string of the molecule is Cc1ccc(S(=O)(=O)OCC(OS(=O)(=O)c2ccc(C)cc2)C2OC(c3ccccc3)OC3COC(c4ccccc4)OC32)cc1. The van der Waals surface area contributed by atoms with Gasteiger partial charge in [-0.15, -0.1) is 0 Å². The highest BCUT2D eigenvalue weighted by Gasteiger charge is 2.50. The third-order valence-electron chi connectivity index (χ3n) is 7.73. The van der Waals surface area contributed by atoms with Crippen LogP contribution < -0.4 is 0 Å². The molecule has 0 saturated carbocycles. The summed E-state index contributed by atoms with van der Waals surface area (Å²) in [6, 6.07) is 30.5. The summed E-state index contributed by atoms with van der Waals surface area (Å²) < 4.78 is 90.2. The molecule has 12 heteroatoms. The molecular formula is C34H34O10S2. The van der Waals surface area contributed by atoms with Crippen molar-refractivity contribution >= 4 is 20.2 Å². The predicted molar refractivity (Wildman–Crippen MR) is 166 cm³/mol. The summed E-state index contributed by atoms with van der Waals surface area (Å²) in [5.74, 6) is 0. The molecule has 0 radical (unpaired) electrons. The van der Waals surface area contributed by atoms with E-state index in [1.165, 1.54) is 24.3 Å². The smallest absolute Gasteiger partial charge is 0.297 e. The minimum absolute atomic E-state index is 0.0855. The quantitative estimate of drug-likeness (QED) is 0.204. The summed E-state index contributed by atoms with van der Waals surface area (Å²) in [6.07, 6.45) is -6.09. The Morgan fingerprint density at radius 1 is 0.652 bits per heavy atom. The molecule has 2 saturated heterocycles. The topological polar surface area (TPSA) is 124 Å². The Bertz CT molecular complexity index is 1810. The number of rotatable bonds is 10. The zero-order chi connectivity index (χ0) is 32.3. The van der Waals surface area contributed by atoms with Gasteiger partial charge in [-0.3, -0.25) is 8.37 Å². The zero-order valence-electron chi connectivity index (χ0n) is 25.2. The van der Waals surface area contributed by atoms with Crippen molar-refractivity contribution in [2.75, 3.05) is 13.2 Å². The fourth-order valence-corrected chi connectivity index (χ4v) is 7.23. The van der Waals surface area contributed by atoms with Crippen LogP contribution >= 0.6 is 0 Å². The maximum atomic E-state index is 13.6. The van der Waals surface area contributed by atoms with E-state index in [1.54, 1.807) is 36.4 Å². The Kier molecular flexibility index (Phi) is 9.69. The molecule has 0 bridgehead atoms. The number of benzene rings is 4. The minimum Gasteiger partial charge on any atom is -0.346 e. The lowest BCUT2D eigenvalue weighted by atomic mass is 9.99. The molecule has 6 rings (SSSR count). The van der Waals surface area contributed by atoms with Crippen molar-refractivity contribution in [2.24, 2.45) is 0 Å². The van der Waals surface area contributed by atoms with Gasteiger partial charge in [-0.2, -0.15) is 16.8 Å². The molecule has 2 fully saturated rings. The van der Waals surface area contributed by atoms with Gasteiger partial charge in [0.25, 0.3) is 20.2 Å². The van der Waals surface area contributed by atoms with E-state index in [-0.39, 0.29) is 16.4 Å². The first-order chi connectivity index (χ1) is 22.1. The first-order valence-electron chi connectivity index (χ1n) is 14.7. The second-order valence-electron chi connectivity index (χ2n) is 11.1. The number of fused-ring (bicyclic) bond motifs is 1. The maximum absolute atomic E-state index is 13.6. The molecule has 0 aromatic heterocycles. The first-order valence-corrected chi connectivity index (χ1v) is 17.5. The normalized spacial score (nSPS) is 24.2. The standard InChI is InChI=1S/C34H34O10S2/c1-23-13-17-27(18-14-23)45(35,36)40-22-30(44-46(37,38)28-19-15-24(2)16-20-28)32-31-29(41-34(43-32)26-11-7-4-8-12-26)21-39-33(42-31)25-9-5-3-6-10-25/h3-20,29-34H,21-22H2,1-2H3. The van der Waals surface area contributed by atoms with Crippen molar-refractivity contribution in [3.8, 4) is 0 Å². The average Bonchev–Trinajstić information content (AvgIpc) is 3.07. The largest absolute Gasteiger partial charge is 0.346 e. The fourth-order valence-electron chi connectivity index (χ4n) is 5.25. The van der Waals surface area contributed by atoms with Crippen LogP contribution in [0.2, 0.25) is 0 Å². The number of hydrogen-bond acceptors (Lipinski definition) is 10. The molecule has 4 aromatic carbocycles. The van der Waals surface area contributed by atoms with Gasteiger partial charge >= 0.3 is 0 Å². The van der Waals surface area contributed by atoms with Crippen molar-refractivity contribution in [2.45, 2.75) is 60.6 Å².